The van der Waals surface area contributed by atoms with Crippen molar-refractivity contribution in [3.05, 3.63) is 12.2 Å². The predicted molar refractivity (Wildman–Crippen MR) is 93.6 cm³/mol. The molecule has 0 aliphatic carbocycles. The SMILES string of the molecule is CCc1nncn1CCNC(=NC)NCCN1CCC(C)CC1. The van der Waals surface area contributed by atoms with E-state index in [0.29, 0.717) is 0 Å². The highest BCUT2D eigenvalue weighted by Gasteiger charge is 2.14. The second kappa shape index (κ2) is 9.50. The van der Waals surface area contributed by atoms with Gasteiger partial charge in [-0.05, 0) is 31.8 Å². The maximum atomic E-state index is 4.28. The van der Waals surface area contributed by atoms with E-state index in [1.54, 1.807) is 6.33 Å². The fourth-order valence-corrected chi connectivity index (χ4v) is 2.87. The van der Waals surface area contributed by atoms with E-state index in [2.05, 4.69) is 49.1 Å². The van der Waals surface area contributed by atoms with Gasteiger partial charge in [0.1, 0.15) is 12.2 Å². The minimum absolute atomic E-state index is 0.811. The molecule has 7 heteroatoms. The first-order chi connectivity index (χ1) is 11.2. The Morgan fingerprint density at radius 2 is 1.96 bits per heavy atom. The molecule has 1 aromatic heterocycles. The largest absolute Gasteiger partial charge is 0.355 e. The lowest BCUT2D eigenvalue weighted by atomic mass is 9.99. The molecule has 7 nitrogen and oxygen atoms in total. The van der Waals surface area contributed by atoms with E-state index in [4.69, 9.17) is 0 Å². The van der Waals surface area contributed by atoms with E-state index in [1.165, 1.54) is 25.9 Å². The molecule has 2 rings (SSSR count). The molecule has 0 aromatic carbocycles. The van der Waals surface area contributed by atoms with Crippen molar-refractivity contribution < 1.29 is 0 Å². The number of aliphatic imine (C=N–C) groups is 1. The van der Waals surface area contributed by atoms with Crippen LogP contribution >= 0.6 is 0 Å². The molecular formula is C16H31N7. The third kappa shape index (κ3) is 5.82. The second-order valence-corrected chi connectivity index (χ2v) is 6.24. The van der Waals surface area contributed by atoms with E-state index in [1.807, 2.05) is 7.05 Å². The van der Waals surface area contributed by atoms with Gasteiger partial charge in [-0.2, -0.15) is 0 Å². The maximum Gasteiger partial charge on any atom is 0.191 e. The van der Waals surface area contributed by atoms with Gasteiger partial charge in [0.15, 0.2) is 5.96 Å². The van der Waals surface area contributed by atoms with Gasteiger partial charge in [0.05, 0.1) is 0 Å². The van der Waals surface area contributed by atoms with Crippen molar-refractivity contribution in [3.8, 4) is 0 Å². The summed E-state index contributed by atoms with van der Waals surface area (Å²) < 4.78 is 2.08. The summed E-state index contributed by atoms with van der Waals surface area (Å²) >= 11 is 0. The third-order valence-corrected chi connectivity index (χ3v) is 4.48. The van der Waals surface area contributed by atoms with Gasteiger partial charge < -0.3 is 20.1 Å². The van der Waals surface area contributed by atoms with Gasteiger partial charge in [-0.1, -0.05) is 13.8 Å². The number of rotatable bonds is 7. The predicted octanol–water partition coefficient (Wildman–Crippen LogP) is 0.737. The zero-order chi connectivity index (χ0) is 16.5. The van der Waals surface area contributed by atoms with Crippen LogP contribution in [0.1, 0.15) is 32.5 Å². The lowest BCUT2D eigenvalue weighted by Crippen LogP contribution is -2.44. The summed E-state index contributed by atoms with van der Waals surface area (Å²) in [4.78, 5) is 6.81. The van der Waals surface area contributed by atoms with Crippen molar-refractivity contribution in [1.29, 1.82) is 0 Å². The standard InChI is InChI=1S/C16H31N7/c1-4-15-21-20-13-23(15)12-8-19-16(17-3)18-7-11-22-9-5-14(2)6-10-22/h13-14H,4-12H2,1-3H3,(H2,17,18,19). The van der Waals surface area contributed by atoms with Gasteiger partial charge in [0.2, 0.25) is 0 Å². The average Bonchev–Trinajstić information content (AvgIpc) is 3.02. The Morgan fingerprint density at radius 3 is 2.61 bits per heavy atom. The Kier molecular flexibility index (Phi) is 7.32. The van der Waals surface area contributed by atoms with Gasteiger partial charge in [-0.3, -0.25) is 4.99 Å². The Hall–Kier alpha value is -1.63. The average molecular weight is 321 g/mol. The molecule has 2 heterocycles. The van der Waals surface area contributed by atoms with Gasteiger partial charge in [0, 0.05) is 39.6 Å². The highest BCUT2D eigenvalue weighted by molar-refractivity contribution is 5.79. The van der Waals surface area contributed by atoms with Crippen LogP contribution < -0.4 is 10.6 Å². The van der Waals surface area contributed by atoms with E-state index < -0.39 is 0 Å². The summed E-state index contributed by atoms with van der Waals surface area (Å²) in [5.41, 5.74) is 0. The lowest BCUT2D eigenvalue weighted by molar-refractivity contribution is 0.195. The molecule has 0 radical (unpaired) electrons. The zero-order valence-electron chi connectivity index (χ0n) is 14.8. The van der Waals surface area contributed by atoms with Gasteiger partial charge in [-0.25, -0.2) is 0 Å². The summed E-state index contributed by atoms with van der Waals surface area (Å²) in [7, 11) is 1.81. The monoisotopic (exact) mass is 321 g/mol. The fraction of sp³-hybridized carbons (Fsp3) is 0.812. The number of aryl methyl sites for hydroxylation is 1. The molecule has 1 saturated heterocycles. The molecule has 130 valence electrons. The van der Waals surface area contributed by atoms with Crippen LogP contribution in [0, 0.1) is 5.92 Å². The molecule has 23 heavy (non-hydrogen) atoms. The zero-order valence-corrected chi connectivity index (χ0v) is 14.8. The topological polar surface area (TPSA) is 70.4 Å². The third-order valence-electron chi connectivity index (χ3n) is 4.48. The van der Waals surface area contributed by atoms with Crippen LogP contribution in [0.4, 0.5) is 0 Å². The maximum absolute atomic E-state index is 4.28. The minimum Gasteiger partial charge on any atom is -0.355 e. The number of piperidine rings is 1. The first-order valence-corrected chi connectivity index (χ1v) is 8.76. The molecule has 1 aliphatic rings. The second-order valence-electron chi connectivity index (χ2n) is 6.24. The Labute approximate surface area is 139 Å². The summed E-state index contributed by atoms with van der Waals surface area (Å²) in [5, 5.41) is 14.8. The molecule has 1 aromatic rings. The number of guanidine groups is 1. The van der Waals surface area contributed by atoms with Crippen molar-refractivity contribution in [3.63, 3.8) is 0 Å². The van der Waals surface area contributed by atoms with Gasteiger partial charge in [-0.15, -0.1) is 10.2 Å². The fourth-order valence-electron chi connectivity index (χ4n) is 2.87. The van der Waals surface area contributed by atoms with Crippen molar-refractivity contribution in [2.75, 3.05) is 39.8 Å². The first-order valence-electron chi connectivity index (χ1n) is 8.76. The molecule has 2 N–H and O–H groups in total. The molecular weight excluding hydrogens is 290 g/mol. The van der Waals surface area contributed by atoms with Crippen LogP contribution in [0.3, 0.4) is 0 Å². The number of hydrogen-bond acceptors (Lipinski definition) is 4. The molecule has 0 spiro atoms. The van der Waals surface area contributed by atoms with Crippen LogP contribution in [0.2, 0.25) is 0 Å². The number of hydrogen-bond donors (Lipinski definition) is 2. The molecule has 1 aliphatic heterocycles. The molecule has 1 fully saturated rings. The van der Waals surface area contributed by atoms with Crippen molar-refractivity contribution in [1.82, 2.24) is 30.3 Å². The molecule has 0 amide bonds. The Morgan fingerprint density at radius 1 is 1.26 bits per heavy atom. The Balaban J connectivity index is 1.62. The van der Waals surface area contributed by atoms with E-state index in [0.717, 1.165) is 50.3 Å². The number of nitrogens with one attached hydrogen (secondary N) is 2. The molecule has 0 unspecified atom stereocenters. The van der Waals surface area contributed by atoms with Crippen molar-refractivity contribution in [2.24, 2.45) is 10.9 Å². The van der Waals surface area contributed by atoms with Crippen LogP contribution in [-0.4, -0.2) is 65.4 Å². The lowest BCUT2D eigenvalue weighted by Gasteiger charge is -2.30. The Bertz CT molecular complexity index is 475. The summed E-state index contributed by atoms with van der Waals surface area (Å²) in [6.07, 6.45) is 5.34. The van der Waals surface area contributed by atoms with E-state index in [9.17, 15) is 0 Å². The van der Waals surface area contributed by atoms with Gasteiger partial charge >= 0.3 is 0 Å². The molecule has 0 bridgehead atoms. The highest BCUT2D eigenvalue weighted by atomic mass is 15.3. The van der Waals surface area contributed by atoms with Crippen LogP contribution in [-0.2, 0) is 13.0 Å². The number of nitrogens with zero attached hydrogens (tertiary/aromatic N) is 5. The normalized spacial score (nSPS) is 17.4. The van der Waals surface area contributed by atoms with Crippen LogP contribution in [0.25, 0.3) is 0 Å². The van der Waals surface area contributed by atoms with Crippen molar-refractivity contribution in [2.45, 2.75) is 39.7 Å². The summed E-state index contributed by atoms with van der Waals surface area (Å²) in [6.45, 7) is 10.6. The summed E-state index contributed by atoms with van der Waals surface area (Å²) in [5.74, 6) is 2.77. The van der Waals surface area contributed by atoms with Crippen LogP contribution in [0.5, 0.6) is 0 Å². The van der Waals surface area contributed by atoms with Crippen molar-refractivity contribution >= 4 is 5.96 Å². The summed E-state index contributed by atoms with van der Waals surface area (Å²) in [6, 6.07) is 0. The van der Waals surface area contributed by atoms with Crippen LogP contribution in [0.15, 0.2) is 11.3 Å². The minimum atomic E-state index is 0.811. The van der Waals surface area contributed by atoms with E-state index >= 15 is 0 Å². The smallest absolute Gasteiger partial charge is 0.191 e. The number of likely N-dealkylation sites (tertiary alicyclic amines) is 1. The van der Waals surface area contributed by atoms with Gasteiger partial charge in [0.25, 0.3) is 0 Å². The molecule has 0 atom stereocenters. The molecule has 0 saturated carbocycles. The highest BCUT2D eigenvalue weighted by Crippen LogP contribution is 2.14. The van der Waals surface area contributed by atoms with E-state index in [-0.39, 0.29) is 0 Å². The first kappa shape index (κ1) is 17.7. The quantitative estimate of drug-likeness (QED) is 0.572. The number of aromatic nitrogens is 3.